The van der Waals surface area contributed by atoms with Crippen molar-refractivity contribution in [2.24, 2.45) is 0 Å². The minimum atomic E-state index is 0.432. The summed E-state index contributed by atoms with van der Waals surface area (Å²) in [6.45, 7) is 2.14. The van der Waals surface area contributed by atoms with Crippen LogP contribution in [0.5, 0.6) is 0 Å². The van der Waals surface area contributed by atoms with E-state index in [2.05, 4.69) is 32.9 Å². The Morgan fingerprint density at radius 2 is 2.46 bits per heavy atom. The molecule has 0 aliphatic carbocycles. The summed E-state index contributed by atoms with van der Waals surface area (Å²) in [7, 11) is 0. The van der Waals surface area contributed by atoms with Gasteiger partial charge in [0.05, 0.1) is 5.69 Å². The zero-order valence-electron chi connectivity index (χ0n) is 7.31. The van der Waals surface area contributed by atoms with Gasteiger partial charge in [-0.3, -0.25) is 0 Å². The van der Waals surface area contributed by atoms with Gasteiger partial charge in [-0.1, -0.05) is 22.9 Å². The van der Waals surface area contributed by atoms with Gasteiger partial charge in [-0.15, -0.1) is 0 Å². The first-order valence-corrected chi connectivity index (χ1v) is 5.29. The van der Waals surface area contributed by atoms with Crippen LogP contribution in [-0.4, -0.2) is 19.9 Å². The lowest BCUT2D eigenvalue weighted by Crippen LogP contribution is -1.95. The number of halogens is 1. The van der Waals surface area contributed by atoms with Crippen molar-refractivity contribution in [3.05, 3.63) is 30.2 Å². The molecule has 0 aliphatic heterocycles. The van der Waals surface area contributed by atoms with E-state index in [0.29, 0.717) is 5.92 Å². The lowest BCUT2D eigenvalue weighted by atomic mass is 10.1. The average Bonchev–Trinajstić information content (AvgIpc) is 2.59. The summed E-state index contributed by atoms with van der Waals surface area (Å²) < 4.78 is 1.80. The third-order valence-corrected chi connectivity index (χ3v) is 2.96. The summed E-state index contributed by atoms with van der Waals surface area (Å²) in [5.74, 6) is 0.432. The summed E-state index contributed by atoms with van der Waals surface area (Å²) in [4.78, 5) is 4.20. The van der Waals surface area contributed by atoms with E-state index in [-0.39, 0.29) is 0 Å². The molecular weight excluding hydrogens is 230 g/mol. The van der Waals surface area contributed by atoms with E-state index in [1.807, 2.05) is 18.3 Å². The Bertz CT molecular complexity index is 377. The molecule has 0 radical (unpaired) electrons. The topological polar surface area (TPSA) is 30.2 Å². The van der Waals surface area contributed by atoms with Crippen LogP contribution in [0.3, 0.4) is 0 Å². The van der Waals surface area contributed by atoms with Gasteiger partial charge in [-0.2, -0.15) is 5.10 Å². The van der Waals surface area contributed by atoms with Crippen LogP contribution in [-0.2, 0) is 0 Å². The van der Waals surface area contributed by atoms with Crippen LogP contribution in [0.4, 0.5) is 0 Å². The van der Waals surface area contributed by atoms with Gasteiger partial charge in [0.1, 0.15) is 0 Å². The van der Waals surface area contributed by atoms with E-state index in [0.717, 1.165) is 16.7 Å². The Kier molecular flexibility index (Phi) is 2.31. The molecule has 2 rings (SSSR count). The Morgan fingerprint density at radius 3 is 3.15 bits per heavy atom. The van der Waals surface area contributed by atoms with E-state index < -0.39 is 0 Å². The smallest absolute Gasteiger partial charge is 0.155 e. The first-order valence-electron chi connectivity index (χ1n) is 4.17. The predicted octanol–water partition coefficient (Wildman–Crippen LogP) is 2.23. The molecule has 0 saturated carbocycles. The van der Waals surface area contributed by atoms with Gasteiger partial charge < -0.3 is 0 Å². The molecule has 3 nitrogen and oxygen atoms in total. The molecule has 1 unspecified atom stereocenters. The highest BCUT2D eigenvalue weighted by atomic mass is 79.9. The second-order valence-corrected chi connectivity index (χ2v) is 3.69. The van der Waals surface area contributed by atoms with E-state index >= 15 is 0 Å². The summed E-state index contributed by atoms with van der Waals surface area (Å²) in [5, 5.41) is 5.34. The van der Waals surface area contributed by atoms with Gasteiger partial charge >= 0.3 is 0 Å². The van der Waals surface area contributed by atoms with Gasteiger partial charge in [-0.25, -0.2) is 9.50 Å². The monoisotopic (exact) mass is 239 g/mol. The third kappa shape index (κ3) is 1.58. The number of nitrogens with zero attached hydrogens (tertiary/aromatic N) is 3. The van der Waals surface area contributed by atoms with Gasteiger partial charge in [-0.05, 0) is 6.07 Å². The molecule has 4 heteroatoms. The van der Waals surface area contributed by atoms with Crippen LogP contribution in [0.15, 0.2) is 24.5 Å². The first-order chi connectivity index (χ1) is 6.31. The molecule has 13 heavy (non-hydrogen) atoms. The normalized spacial score (nSPS) is 13.4. The molecule has 2 aromatic heterocycles. The van der Waals surface area contributed by atoms with Crippen LogP contribution in [0.2, 0.25) is 0 Å². The zero-order valence-corrected chi connectivity index (χ0v) is 8.90. The van der Waals surface area contributed by atoms with Crippen molar-refractivity contribution in [3.8, 4) is 0 Å². The van der Waals surface area contributed by atoms with Crippen molar-refractivity contribution < 1.29 is 0 Å². The van der Waals surface area contributed by atoms with Crippen molar-refractivity contribution in [2.75, 3.05) is 5.33 Å². The molecule has 68 valence electrons. The lowest BCUT2D eigenvalue weighted by Gasteiger charge is -1.99. The average molecular weight is 240 g/mol. The minimum absolute atomic E-state index is 0.432. The minimum Gasteiger partial charge on any atom is -0.237 e. The summed E-state index contributed by atoms with van der Waals surface area (Å²) >= 11 is 3.44. The maximum absolute atomic E-state index is 4.41. The molecule has 0 aliphatic rings. The van der Waals surface area contributed by atoms with Gasteiger partial charge in [0.2, 0.25) is 0 Å². The lowest BCUT2D eigenvalue weighted by molar-refractivity contribution is 0.799. The molecular formula is C9H10BrN3. The summed E-state index contributed by atoms with van der Waals surface area (Å²) in [6, 6.07) is 3.90. The highest BCUT2D eigenvalue weighted by molar-refractivity contribution is 9.09. The van der Waals surface area contributed by atoms with Crippen molar-refractivity contribution >= 4 is 21.6 Å². The SMILES string of the molecule is CC(CBr)c1cc2ncccn2n1. The van der Waals surface area contributed by atoms with Crippen molar-refractivity contribution in [2.45, 2.75) is 12.8 Å². The molecule has 0 N–H and O–H groups in total. The van der Waals surface area contributed by atoms with E-state index in [1.54, 1.807) is 10.7 Å². The van der Waals surface area contributed by atoms with Crippen LogP contribution in [0.1, 0.15) is 18.5 Å². The maximum atomic E-state index is 4.41. The molecule has 0 saturated heterocycles. The number of rotatable bonds is 2. The van der Waals surface area contributed by atoms with Crippen LogP contribution < -0.4 is 0 Å². The quantitative estimate of drug-likeness (QED) is 0.753. The zero-order chi connectivity index (χ0) is 9.26. The Morgan fingerprint density at radius 1 is 1.62 bits per heavy atom. The Hall–Kier alpha value is -0.900. The van der Waals surface area contributed by atoms with Gasteiger partial charge in [0.25, 0.3) is 0 Å². The number of hydrogen-bond donors (Lipinski definition) is 0. The second kappa shape index (κ2) is 3.46. The largest absolute Gasteiger partial charge is 0.237 e. The number of alkyl halides is 1. The van der Waals surface area contributed by atoms with Crippen molar-refractivity contribution in [3.63, 3.8) is 0 Å². The standard InChI is InChI=1S/C9H10BrN3/c1-7(6-10)8-5-9-11-3-2-4-13(9)12-8/h2-5,7H,6H2,1H3. The number of fused-ring (bicyclic) bond motifs is 1. The van der Waals surface area contributed by atoms with E-state index in [9.17, 15) is 0 Å². The predicted molar refractivity (Wildman–Crippen MR) is 55.2 cm³/mol. The fourth-order valence-electron chi connectivity index (χ4n) is 1.17. The van der Waals surface area contributed by atoms with Crippen LogP contribution in [0.25, 0.3) is 5.65 Å². The first kappa shape index (κ1) is 8.69. The highest BCUT2D eigenvalue weighted by Crippen LogP contribution is 2.16. The number of hydrogen-bond acceptors (Lipinski definition) is 2. The molecule has 0 fully saturated rings. The molecule has 0 spiro atoms. The summed E-state index contributed by atoms with van der Waals surface area (Å²) in [6.07, 6.45) is 3.69. The Labute approximate surface area is 84.9 Å². The van der Waals surface area contributed by atoms with Crippen molar-refractivity contribution in [1.82, 2.24) is 14.6 Å². The molecule has 2 aromatic rings. The van der Waals surface area contributed by atoms with Crippen molar-refractivity contribution in [1.29, 1.82) is 0 Å². The van der Waals surface area contributed by atoms with E-state index in [4.69, 9.17) is 0 Å². The molecule has 1 atom stereocenters. The second-order valence-electron chi connectivity index (χ2n) is 3.05. The highest BCUT2D eigenvalue weighted by Gasteiger charge is 2.08. The summed E-state index contributed by atoms with van der Waals surface area (Å²) in [5.41, 5.74) is 1.99. The molecule has 0 aromatic carbocycles. The van der Waals surface area contributed by atoms with Crippen LogP contribution >= 0.6 is 15.9 Å². The maximum Gasteiger partial charge on any atom is 0.155 e. The molecule has 2 heterocycles. The van der Waals surface area contributed by atoms with Crippen LogP contribution in [0, 0.1) is 0 Å². The number of aromatic nitrogens is 3. The van der Waals surface area contributed by atoms with E-state index in [1.165, 1.54) is 0 Å². The fraction of sp³-hybridized carbons (Fsp3) is 0.333. The molecule has 0 amide bonds. The fourth-order valence-corrected chi connectivity index (χ4v) is 1.50. The third-order valence-electron chi connectivity index (χ3n) is 1.99. The van der Waals surface area contributed by atoms with Gasteiger partial charge in [0, 0.05) is 29.7 Å². The van der Waals surface area contributed by atoms with Gasteiger partial charge in [0.15, 0.2) is 5.65 Å². The Balaban J connectivity index is 2.49. The molecule has 0 bridgehead atoms.